The summed E-state index contributed by atoms with van der Waals surface area (Å²) in [6, 6.07) is 3.71. The highest BCUT2D eigenvalue weighted by molar-refractivity contribution is 5.75. The summed E-state index contributed by atoms with van der Waals surface area (Å²) in [5.41, 5.74) is 7.24. The van der Waals surface area contributed by atoms with Crippen molar-refractivity contribution in [3.8, 4) is 0 Å². The zero-order chi connectivity index (χ0) is 11.4. The smallest absolute Gasteiger partial charge is 0.322 e. The molecule has 0 amide bonds. The van der Waals surface area contributed by atoms with Crippen molar-refractivity contribution in [2.75, 3.05) is 7.11 Å². The van der Waals surface area contributed by atoms with E-state index in [1.807, 2.05) is 0 Å². The molecule has 0 saturated carbocycles. The summed E-state index contributed by atoms with van der Waals surface area (Å²) in [6.07, 6.45) is 0.360. The van der Waals surface area contributed by atoms with Crippen LogP contribution in [0, 0.1) is 12.7 Å². The number of methoxy groups -OCH3 is 1. The molecule has 1 aromatic carbocycles. The van der Waals surface area contributed by atoms with Crippen molar-refractivity contribution in [1.82, 2.24) is 0 Å². The highest BCUT2D eigenvalue weighted by Gasteiger charge is 2.15. The summed E-state index contributed by atoms with van der Waals surface area (Å²) in [5, 5.41) is 0. The van der Waals surface area contributed by atoms with E-state index >= 15 is 0 Å². The van der Waals surface area contributed by atoms with Crippen LogP contribution in [0.3, 0.4) is 0 Å². The number of hydrogen-bond acceptors (Lipinski definition) is 3. The highest BCUT2D eigenvalue weighted by atomic mass is 19.1. The lowest BCUT2D eigenvalue weighted by Crippen LogP contribution is -2.33. The lowest BCUT2D eigenvalue weighted by Gasteiger charge is -2.11. The van der Waals surface area contributed by atoms with Gasteiger partial charge in [-0.15, -0.1) is 0 Å². The molecule has 0 aromatic heterocycles. The van der Waals surface area contributed by atoms with Gasteiger partial charge in [0.05, 0.1) is 7.11 Å². The van der Waals surface area contributed by atoms with Gasteiger partial charge in [-0.3, -0.25) is 4.79 Å². The minimum atomic E-state index is -0.695. The lowest BCUT2D eigenvalue weighted by atomic mass is 10.0. The standard InChI is InChI=1S/C11H14FNO2/c1-7-5-9(12)4-3-8(7)6-10(13)11(14)15-2/h3-5,10H,6,13H2,1-2H3/t10-/m0/s1. The third kappa shape index (κ3) is 3.02. The molecule has 0 saturated heterocycles. The van der Waals surface area contributed by atoms with E-state index in [1.165, 1.54) is 19.2 Å². The van der Waals surface area contributed by atoms with Gasteiger partial charge in [0.25, 0.3) is 0 Å². The molecular formula is C11H14FNO2. The van der Waals surface area contributed by atoms with Gasteiger partial charge in [0, 0.05) is 0 Å². The normalized spacial score (nSPS) is 12.3. The number of rotatable bonds is 3. The number of nitrogens with two attached hydrogens (primary N) is 1. The van der Waals surface area contributed by atoms with Crippen LogP contribution in [0.1, 0.15) is 11.1 Å². The van der Waals surface area contributed by atoms with Gasteiger partial charge in [0.2, 0.25) is 0 Å². The average molecular weight is 211 g/mol. The van der Waals surface area contributed by atoms with E-state index < -0.39 is 12.0 Å². The SMILES string of the molecule is COC(=O)[C@@H](N)Cc1ccc(F)cc1C. The first-order chi connectivity index (χ1) is 7.04. The van der Waals surface area contributed by atoms with Gasteiger partial charge in [-0.25, -0.2) is 4.39 Å². The minimum absolute atomic E-state index is 0.289. The Hall–Kier alpha value is -1.42. The lowest BCUT2D eigenvalue weighted by molar-refractivity contribution is -0.142. The molecule has 2 N–H and O–H groups in total. The summed E-state index contributed by atoms with van der Waals surface area (Å²) in [7, 11) is 1.29. The Balaban J connectivity index is 2.76. The largest absolute Gasteiger partial charge is 0.468 e. The van der Waals surface area contributed by atoms with Crippen LogP contribution in [0.5, 0.6) is 0 Å². The molecule has 82 valence electrons. The average Bonchev–Trinajstić information content (AvgIpc) is 2.20. The van der Waals surface area contributed by atoms with Crippen molar-refractivity contribution in [1.29, 1.82) is 0 Å². The van der Waals surface area contributed by atoms with Gasteiger partial charge in [0.15, 0.2) is 0 Å². The first kappa shape index (κ1) is 11.7. The van der Waals surface area contributed by atoms with Crippen LogP contribution in [0.25, 0.3) is 0 Å². The van der Waals surface area contributed by atoms with E-state index in [1.54, 1.807) is 13.0 Å². The Morgan fingerprint density at radius 1 is 1.60 bits per heavy atom. The third-order valence-corrected chi connectivity index (χ3v) is 2.25. The molecule has 4 heteroatoms. The zero-order valence-electron chi connectivity index (χ0n) is 8.79. The molecule has 0 spiro atoms. The number of esters is 1. The monoisotopic (exact) mass is 211 g/mol. The predicted octanol–water partition coefficient (Wildman–Crippen LogP) is 1.18. The molecule has 3 nitrogen and oxygen atoms in total. The van der Waals surface area contributed by atoms with Crippen LogP contribution >= 0.6 is 0 Å². The molecular weight excluding hydrogens is 197 g/mol. The molecule has 0 aliphatic heterocycles. The van der Waals surface area contributed by atoms with Gasteiger partial charge in [-0.1, -0.05) is 6.07 Å². The Morgan fingerprint density at radius 3 is 2.80 bits per heavy atom. The molecule has 0 bridgehead atoms. The van der Waals surface area contributed by atoms with Crippen LogP contribution in [0.2, 0.25) is 0 Å². The second-order valence-corrected chi connectivity index (χ2v) is 3.40. The number of hydrogen-bond donors (Lipinski definition) is 1. The maximum Gasteiger partial charge on any atom is 0.322 e. The molecule has 0 unspecified atom stereocenters. The summed E-state index contributed by atoms with van der Waals surface area (Å²) in [5.74, 6) is -0.749. The van der Waals surface area contributed by atoms with Crippen molar-refractivity contribution in [3.63, 3.8) is 0 Å². The first-order valence-corrected chi connectivity index (χ1v) is 4.63. The first-order valence-electron chi connectivity index (χ1n) is 4.63. The van der Waals surface area contributed by atoms with Gasteiger partial charge in [-0.05, 0) is 36.6 Å². The maximum absolute atomic E-state index is 12.8. The number of benzene rings is 1. The summed E-state index contributed by atoms with van der Waals surface area (Å²) < 4.78 is 17.3. The van der Waals surface area contributed by atoms with Crippen LogP contribution < -0.4 is 5.73 Å². The van der Waals surface area contributed by atoms with Gasteiger partial charge < -0.3 is 10.5 Å². The van der Waals surface area contributed by atoms with Crippen LogP contribution in [-0.4, -0.2) is 19.1 Å². The number of ether oxygens (including phenoxy) is 1. The Labute approximate surface area is 88.0 Å². The van der Waals surface area contributed by atoms with Crippen molar-refractivity contribution in [2.45, 2.75) is 19.4 Å². The zero-order valence-corrected chi connectivity index (χ0v) is 8.79. The van der Waals surface area contributed by atoms with Crippen LogP contribution in [0.4, 0.5) is 4.39 Å². The molecule has 0 radical (unpaired) electrons. The van der Waals surface area contributed by atoms with Crippen molar-refractivity contribution in [2.24, 2.45) is 5.73 Å². The summed E-state index contributed by atoms with van der Waals surface area (Å²) >= 11 is 0. The van der Waals surface area contributed by atoms with E-state index in [-0.39, 0.29) is 5.82 Å². The second kappa shape index (κ2) is 4.89. The van der Waals surface area contributed by atoms with Gasteiger partial charge >= 0.3 is 5.97 Å². The molecule has 1 atom stereocenters. The molecule has 0 aliphatic rings. The maximum atomic E-state index is 12.8. The topological polar surface area (TPSA) is 52.3 Å². The summed E-state index contributed by atoms with van der Waals surface area (Å²) in [4.78, 5) is 11.1. The van der Waals surface area contributed by atoms with E-state index in [0.717, 1.165) is 11.1 Å². The van der Waals surface area contributed by atoms with E-state index in [2.05, 4.69) is 4.74 Å². The highest BCUT2D eigenvalue weighted by Crippen LogP contribution is 2.12. The number of carbonyl (C=O) groups excluding carboxylic acids is 1. The van der Waals surface area contributed by atoms with E-state index in [9.17, 15) is 9.18 Å². The van der Waals surface area contributed by atoms with Gasteiger partial charge in [-0.2, -0.15) is 0 Å². The quantitative estimate of drug-likeness (QED) is 0.764. The Kier molecular flexibility index (Phi) is 3.80. The predicted molar refractivity (Wildman–Crippen MR) is 54.8 cm³/mol. The van der Waals surface area contributed by atoms with Crippen LogP contribution in [-0.2, 0) is 16.0 Å². The summed E-state index contributed by atoms with van der Waals surface area (Å²) in [6.45, 7) is 1.78. The Bertz CT molecular complexity index is 366. The molecule has 1 aromatic rings. The molecule has 0 heterocycles. The van der Waals surface area contributed by atoms with E-state index in [0.29, 0.717) is 6.42 Å². The van der Waals surface area contributed by atoms with Gasteiger partial charge in [0.1, 0.15) is 11.9 Å². The van der Waals surface area contributed by atoms with Crippen molar-refractivity contribution < 1.29 is 13.9 Å². The fraction of sp³-hybridized carbons (Fsp3) is 0.364. The molecule has 15 heavy (non-hydrogen) atoms. The minimum Gasteiger partial charge on any atom is -0.468 e. The fourth-order valence-corrected chi connectivity index (χ4v) is 1.36. The van der Waals surface area contributed by atoms with E-state index in [4.69, 9.17) is 5.73 Å². The van der Waals surface area contributed by atoms with Crippen LogP contribution in [0.15, 0.2) is 18.2 Å². The molecule has 0 aliphatic carbocycles. The molecule has 1 rings (SSSR count). The molecule has 0 fully saturated rings. The number of aryl methyl sites for hydroxylation is 1. The second-order valence-electron chi connectivity index (χ2n) is 3.40. The van der Waals surface area contributed by atoms with Crippen molar-refractivity contribution >= 4 is 5.97 Å². The number of carbonyl (C=O) groups is 1. The third-order valence-electron chi connectivity index (χ3n) is 2.25. The van der Waals surface area contributed by atoms with Crippen molar-refractivity contribution in [3.05, 3.63) is 35.1 Å². The Morgan fingerprint density at radius 2 is 2.27 bits per heavy atom. The number of halogens is 1. The fourth-order valence-electron chi connectivity index (χ4n) is 1.36.